The predicted octanol–water partition coefficient (Wildman–Crippen LogP) is 3.77. The van der Waals surface area contributed by atoms with E-state index in [0.29, 0.717) is 12.5 Å². The summed E-state index contributed by atoms with van der Waals surface area (Å²) in [6.07, 6.45) is 2.50. The third-order valence-corrected chi connectivity index (χ3v) is 4.95. The SMILES string of the molecule is O=C(Cc1cccc(Br)c1)NC1CCN(Cc2ccccc2)CC1. The van der Waals surface area contributed by atoms with Gasteiger partial charge in [0.2, 0.25) is 5.91 Å². The summed E-state index contributed by atoms with van der Waals surface area (Å²) in [4.78, 5) is 14.7. The molecule has 1 saturated heterocycles. The highest BCUT2D eigenvalue weighted by Gasteiger charge is 2.20. The minimum atomic E-state index is 0.120. The van der Waals surface area contributed by atoms with Crippen molar-refractivity contribution in [3.63, 3.8) is 0 Å². The number of hydrogen-bond donors (Lipinski definition) is 1. The maximum Gasteiger partial charge on any atom is 0.224 e. The van der Waals surface area contributed by atoms with Crippen molar-refractivity contribution in [2.75, 3.05) is 13.1 Å². The van der Waals surface area contributed by atoms with Gasteiger partial charge in [0, 0.05) is 30.1 Å². The first-order valence-corrected chi connectivity index (χ1v) is 9.28. The van der Waals surface area contributed by atoms with E-state index >= 15 is 0 Å². The molecule has 2 aromatic carbocycles. The molecule has 0 radical (unpaired) electrons. The number of amides is 1. The molecule has 1 aliphatic rings. The van der Waals surface area contributed by atoms with E-state index in [1.807, 2.05) is 24.3 Å². The van der Waals surface area contributed by atoms with Gasteiger partial charge in [0.1, 0.15) is 0 Å². The molecule has 0 saturated carbocycles. The molecular formula is C20H23BrN2O. The molecule has 0 unspecified atom stereocenters. The zero-order valence-corrected chi connectivity index (χ0v) is 15.3. The number of likely N-dealkylation sites (tertiary alicyclic amines) is 1. The number of benzene rings is 2. The number of rotatable bonds is 5. The topological polar surface area (TPSA) is 32.3 Å². The molecule has 4 heteroatoms. The van der Waals surface area contributed by atoms with E-state index in [1.165, 1.54) is 5.56 Å². The molecule has 126 valence electrons. The Balaban J connectivity index is 1.42. The van der Waals surface area contributed by atoms with Gasteiger partial charge in [-0.05, 0) is 36.1 Å². The van der Waals surface area contributed by atoms with Gasteiger partial charge in [0.15, 0.2) is 0 Å². The number of piperidine rings is 1. The van der Waals surface area contributed by atoms with Crippen molar-refractivity contribution in [2.45, 2.75) is 31.8 Å². The second kappa shape index (κ2) is 8.45. The van der Waals surface area contributed by atoms with E-state index < -0.39 is 0 Å². The maximum absolute atomic E-state index is 12.2. The summed E-state index contributed by atoms with van der Waals surface area (Å²) < 4.78 is 1.02. The van der Waals surface area contributed by atoms with Crippen LogP contribution in [0.1, 0.15) is 24.0 Å². The first kappa shape index (κ1) is 17.2. The number of carbonyl (C=O) groups excluding carboxylic acids is 1. The van der Waals surface area contributed by atoms with Crippen molar-refractivity contribution < 1.29 is 4.79 Å². The van der Waals surface area contributed by atoms with Crippen LogP contribution in [0.15, 0.2) is 59.1 Å². The first-order valence-electron chi connectivity index (χ1n) is 8.49. The van der Waals surface area contributed by atoms with Gasteiger partial charge in [0.05, 0.1) is 6.42 Å². The van der Waals surface area contributed by atoms with Gasteiger partial charge in [-0.25, -0.2) is 0 Å². The number of carbonyl (C=O) groups is 1. The zero-order valence-electron chi connectivity index (χ0n) is 13.7. The summed E-state index contributed by atoms with van der Waals surface area (Å²) in [6, 6.07) is 18.8. The Morgan fingerprint density at radius 2 is 1.75 bits per heavy atom. The quantitative estimate of drug-likeness (QED) is 0.847. The smallest absolute Gasteiger partial charge is 0.224 e. The molecule has 24 heavy (non-hydrogen) atoms. The highest BCUT2D eigenvalue weighted by molar-refractivity contribution is 9.10. The van der Waals surface area contributed by atoms with Gasteiger partial charge in [-0.15, -0.1) is 0 Å². The molecule has 1 N–H and O–H groups in total. The molecule has 0 aromatic heterocycles. The molecule has 1 aliphatic heterocycles. The summed E-state index contributed by atoms with van der Waals surface area (Å²) in [5, 5.41) is 3.19. The van der Waals surface area contributed by atoms with E-state index in [9.17, 15) is 4.79 Å². The average Bonchev–Trinajstić information content (AvgIpc) is 2.57. The second-order valence-electron chi connectivity index (χ2n) is 6.41. The lowest BCUT2D eigenvalue weighted by Crippen LogP contribution is -2.44. The first-order chi connectivity index (χ1) is 11.7. The zero-order chi connectivity index (χ0) is 16.8. The molecule has 0 atom stereocenters. The largest absolute Gasteiger partial charge is 0.353 e. The lowest BCUT2D eigenvalue weighted by Gasteiger charge is -2.32. The van der Waals surface area contributed by atoms with Crippen LogP contribution >= 0.6 is 15.9 Å². The van der Waals surface area contributed by atoms with Crippen LogP contribution in [0.5, 0.6) is 0 Å². The molecule has 2 aromatic rings. The highest BCUT2D eigenvalue weighted by Crippen LogP contribution is 2.15. The molecule has 0 aliphatic carbocycles. The summed E-state index contributed by atoms with van der Waals surface area (Å²) in [6.45, 7) is 3.08. The van der Waals surface area contributed by atoms with Crippen molar-refractivity contribution in [2.24, 2.45) is 0 Å². The summed E-state index contributed by atoms with van der Waals surface area (Å²) in [7, 11) is 0. The Kier molecular flexibility index (Phi) is 6.05. The van der Waals surface area contributed by atoms with Crippen LogP contribution in [-0.2, 0) is 17.8 Å². The van der Waals surface area contributed by atoms with Gasteiger partial charge in [-0.2, -0.15) is 0 Å². The van der Waals surface area contributed by atoms with Crippen LogP contribution in [0, 0.1) is 0 Å². The molecule has 3 nitrogen and oxygen atoms in total. The van der Waals surface area contributed by atoms with Crippen LogP contribution in [0.3, 0.4) is 0 Å². The fraction of sp³-hybridized carbons (Fsp3) is 0.350. The number of nitrogens with one attached hydrogen (secondary N) is 1. The van der Waals surface area contributed by atoms with Gasteiger partial charge < -0.3 is 5.32 Å². The monoisotopic (exact) mass is 386 g/mol. The lowest BCUT2D eigenvalue weighted by molar-refractivity contribution is -0.121. The van der Waals surface area contributed by atoms with E-state index in [4.69, 9.17) is 0 Å². The van der Waals surface area contributed by atoms with E-state index in [2.05, 4.69) is 56.5 Å². The normalized spacial score (nSPS) is 16.0. The minimum absolute atomic E-state index is 0.120. The van der Waals surface area contributed by atoms with E-state index in [0.717, 1.165) is 42.5 Å². The fourth-order valence-corrected chi connectivity index (χ4v) is 3.63. The van der Waals surface area contributed by atoms with Gasteiger partial charge in [0.25, 0.3) is 0 Å². The number of nitrogens with zero attached hydrogens (tertiary/aromatic N) is 1. The Morgan fingerprint density at radius 1 is 1.04 bits per heavy atom. The Hall–Kier alpha value is -1.65. The molecule has 1 heterocycles. The maximum atomic E-state index is 12.2. The van der Waals surface area contributed by atoms with Crippen LogP contribution in [0.2, 0.25) is 0 Å². The third-order valence-electron chi connectivity index (χ3n) is 4.46. The van der Waals surface area contributed by atoms with Crippen molar-refractivity contribution in [1.82, 2.24) is 10.2 Å². The lowest BCUT2D eigenvalue weighted by atomic mass is 10.0. The predicted molar refractivity (Wildman–Crippen MR) is 101 cm³/mol. The highest BCUT2D eigenvalue weighted by atomic mass is 79.9. The second-order valence-corrected chi connectivity index (χ2v) is 7.33. The van der Waals surface area contributed by atoms with Crippen molar-refractivity contribution in [1.29, 1.82) is 0 Å². The number of hydrogen-bond acceptors (Lipinski definition) is 2. The van der Waals surface area contributed by atoms with Crippen LogP contribution in [-0.4, -0.2) is 29.9 Å². The molecule has 3 rings (SSSR count). The number of halogens is 1. The molecule has 0 bridgehead atoms. The Labute approximate surface area is 152 Å². The molecule has 1 fully saturated rings. The molecular weight excluding hydrogens is 364 g/mol. The summed E-state index contributed by atoms with van der Waals surface area (Å²) >= 11 is 3.45. The van der Waals surface area contributed by atoms with Crippen molar-refractivity contribution in [3.05, 3.63) is 70.2 Å². The van der Waals surface area contributed by atoms with Crippen LogP contribution in [0.4, 0.5) is 0 Å². The Bertz CT molecular complexity index is 666. The molecule has 0 spiro atoms. The third kappa shape index (κ3) is 5.18. The minimum Gasteiger partial charge on any atom is -0.353 e. The van der Waals surface area contributed by atoms with Crippen molar-refractivity contribution >= 4 is 21.8 Å². The van der Waals surface area contributed by atoms with E-state index in [-0.39, 0.29) is 5.91 Å². The van der Waals surface area contributed by atoms with Gasteiger partial charge >= 0.3 is 0 Å². The molecule has 1 amide bonds. The Morgan fingerprint density at radius 3 is 2.46 bits per heavy atom. The van der Waals surface area contributed by atoms with E-state index in [1.54, 1.807) is 0 Å². The summed E-state index contributed by atoms with van der Waals surface area (Å²) in [5.41, 5.74) is 2.40. The van der Waals surface area contributed by atoms with Crippen LogP contribution in [0.25, 0.3) is 0 Å². The van der Waals surface area contributed by atoms with Crippen molar-refractivity contribution in [3.8, 4) is 0 Å². The van der Waals surface area contributed by atoms with Crippen LogP contribution < -0.4 is 5.32 Å². The van der Waals surface area contributed by atoms with Gasteiger partial charge in [-0.1, -0.05) is 58.4 Å². The van der Waals surface area contributed by atoms with Gasteiger partial charge in [-0.3, -0.25) is 9.69 Å². The summed E-state index contributed by atoms with van der Waals surface area (Å²) in [5.74, 6) is 0.120. The standard InChI is InChI=1S/C20H23BrN2O/c21-18-8-4-7-17(13-18)14-20(24)22-19-9-11-23(12-10-19)15-16-5-2-1-3-6-16/h1-8,13,19H,9-12,14-15H2,(H,22,24). The fourth-order valence-electron chi connectivity index (χ4n) is 3.19. The average molecular weight is 387 g/mol.